The summed E-state index contributed by atoms with van der Waals surface area (Å²) in [6, 6.07) is 16.3. The summed E-state index contributed by atoms with van der Waals surface area (Å²) in [5, 5.41) is 1.01. The van der Waals surface area contributed by atoms with Crippen molar-refractivity contribution in [1.29, 1.82) is 0 Å². The molecule has 3 aromatic carbocycles. The Morgan fingerprint density at radius 1 is 0.900 bits per heavy atom. The molecule has 0 radical (unpaired) electrons. The van der Waals surface area contributed by atoms with Crippen LogP contribution in [0.3, 0.4) is 0 Å². The molecular weight excluding hydrogens is 428 g/mol. The van der Waals surface area contributed by atoms with Gasteiger partial charge in [0.2, 0.25) is 5.76 Å². The summed E-state index contributed by atoms with van der Waals surface area (Å²) in [6.45, 7) is 0. The third-order valence-electron chi connectivity index (χ3n) is 5.14. The summed E-state index contributed by atoms with van der Waals surface area (Å²) >= 11 is 12.3. The van der Waals surface area contributed by atoms with Gasteiger partial charge < -0.3 is 4.42 Å². The van der Waals surface area contributed by atoms with Gasteiger partial charge >= 0.3 is 0 Å². The quantitative estimate of drug-likeness (QED) is 0.385. The lowest BCUT2D eigenvalue weighted by Gasteiger charge is -2.25. The fourth-order valence-corrected chi connectivity index (χ4v) is 4.09. The average molecular weight is 440 g/mol. The fourth-order valence-electron chi connectivity index (χ4n) is 3.79. The number of carbonyl (C=O) groups is 1. The summed E-state index contributed by atoms with van der Waals surface area (Å²) in [5.41, 5.74) is 1.24. The van der Waals surface area contributed by atoms with Crippen molar-refractivity contribution in [2.75, 3.05) is 4.90 Å². The van der Waals surface area contributed by atoms with E-state index in [0.717, 1.165) is 0 Å². The maximum Gasteiger partial charge on any atom is 0.295 e. The molecule has 0 spiro atoms. The molecule has 0 aliphatic carbocycles. The van der Waals surface area contributed by atoms with E-state index in [2.05, 4.69) is 0 Å². The molecule has 1 amide bonds. The molecule has 0 saturated carbocycles. The Kier molecular flexibility index (Phi) is 4.38. The number of anilines is 1. The highest BCUT2D eigenvalue weighted by atomic mass is 35.5. The Balaban J connectivity index is 1.82. The van der Waals surface area contributed by atoms with E-state index in [1.807, 2.05) is 0 Å². The zero-order valence-electron chi connectivity index (χ0n) is 15.2. The number of halogens is 3. The SMILES string of the molecule is O=C1c2oc3ccccc3c(=O)c2C(c2ccc(Cl)c(Cl)c2)N1c1ccc(F)cc1. The minimum atomic E-state index is -0.798. The summed E-state index contributed by atoms with van der Waals surface area (Å²) in [4.78, 5) is 28.1. The Morgan fingerprint density at radius 2 is 1.63 bits per heavy atom. The van der Waals surface area contributed by atoms with Crippen LogP contribution in [0.5, 0.6) is 0 Å². The van der Waals surface area contributed by atoms with Crippen LogP contribution in [0.2, 0.25) is 10.0 Å². The number of hydrogen-bond acceptors (Lipinski definition) is 3. The van der Waals surface area contributed by atoms with Gasteiger partial charge in [0, 0.05) is 5.69 Å². The molecule has 1 aliphatic heterocycles. The molecule has 30 heavy (non-hydrogen) atoms. The first-order valence-corrected chi connectivity index (χ1v) is 9.81. The maximum absolute atomic E-state index is 13.5. The maximum atomic E-state index is 13.5. The predicted octanol–water partition coefficient (Wildman–Crippen LogP) is 5.99. The molecule has 0 saturated heterocycles. The van der Waals surface area contributed by atoms with Crippen LogP contribution in [-0.2, 0) is 0 Å². The van der Waals surface area contributed by atoms with Gasteiger partial charge in [-0.05, 0) is 54.1 Å². The second-order valence-electron chi connectivity index (χ2n) is 6.90. The van der Waals surface area contributed by atoms with E-state index in [-0.39, 0.29) is 16.8 Å². The van der Waals surface area contributed by atoms with Crippen molar-refractivity contribution < 1.29 is 13.6 Å². The first-order chi connectivity index (χ1) is 14.5. The molecule has 0 fully saturated rings. The van der Waals surface area contributed by atoms with Gasteiger partial charge in [0.05, 0.1) is 27.0 Å². The average Bonchev–Trinajstić information content (AvgIpc) is 3.04. The number of carbonyl (C=O) groups excluding carboxylic acids is 1. The third-order valence-corrected chi connectivity index (χ3v) is 5.88. The normalized spacial score (nSPS) is 15.6. The number of amides is 1. The lowest BCUT2D eigenvalue weighted by atomic mass is 9.98. The first-order valence-electron chi connectivity index (χ1n) is 9.05. The minimum absolute atomic E-state index is 0.0425. The second-order valence-corrected chi connectivity index (χ2v) is 7.71. The number of hydrogen-bond donors (Lipinski definition) is 0. The van der Waals surface area contributed by atoms with Crippen LogP contribution < -0.4 is 10.3 Å². The van der Waals surface area contributed by atoms with E-state index in [1.165, 1.54) is 29.2 Å². The van der Waals surface area contributed by atoms with E-state index >= 15 is 0 Å². The topological polar surface area (TPSA) is 50.5 Å². The highest BCUT2D eigenvalue weighted by Crippen LogP contribution is 2.42. The van der Waals surface area contributed by atoms with Crippen molar-refractivity contribution in [3.63, 3.8) is 0 Å². The molecular formula is C23H12Cl2FNO3. The number of benzene rings is 3. The Labute approximate surface area is 180 Å². The molecule has 5 rings (SSSR count). The van der Waals surface area contributed by atoms with Gasteiger partial charge in [-0.15, -0.1) is 0 Å². The van der Waals surface area contributed by atoms with Gasteiger partial charge in [-0.25, -0.2) is 4.39 Å². The monoisotopic (exact) mass is 439 g/mol. The first kappa shape index (κ1) is 18.9. The van der Waals surface area contributed by atoms with Crippen molar-refractivity contribution in [3.05, 3.63) is 110 Å². The molecule has 1 unspecified atom stereocenters. The van der Waals surface area contributed by atoms with Gasteiger partial charge in [0.1, 0.15) is 11.4 Å². The lowest BCUT2D eigenvalue weighted by molar-refractivity contribution is 0.0971. The van der Waals surface area contributed by atoms with Gasteiger partial charge in [-0.1, -0.05) is 41.4 Å². The predicted molar refractivity (Wildman–Crippen MR) is 114 cm³/mol. The Bertz CT molecular complexity index is 1380. The molecule has 7 heteroatoms. The van der Waals surface area contributed by atoms with Gasteiger partial charge in [-0.3, -0.25) is 14.5 Å². The largest absolute Gasteiger partial charge is 0.450 e. The minimum Gasteiger partial charge on any atom is -0.450 e. The van der Waals surface area contributed by atoms with E-state index in [1.54, 1.807) is 42.5 Å². The van der Waals surface area contributed by atoms with Crippen LogP contribution in [0.1, 0.15) is 27.7 Å². The summed E-state index contributed by atoms with van der Waals surface area (Å²) in [7, 11) is 0. The van der Waals surface area contributed by atoms with Crippen molar-refractivity contribution >= 4 is 45.8 Å². The molecule has 2 heterocycles. The van der Waals surface area contributed by atoms with Crippen molar-refractivity contribution in [1.82, 2.24) is 0 Å². The zero-order chi connectivity index (χ0) is 21.0. The number of para-hydroxylation sites is 1. The van der Waals surface area contributed by atoms with E-state index < -0.39 is 17.8 Å². The van der Waals surface area contributed by atoms with Crippen LogP contribution >= 0.6 is 23.2 Å². The van der Waals surface area contributed by atoms with Crippen LogP contribution in [-0.4, -0.2) is 5.91 Å². The van der Waals surface area contributed by atoms with Crippen molar-refractivity contribution in [2.24, 2.45) is 0 Å². The van der Waals surface area contributed by atoms with Gasteiger partial charge in [0.15, 0.2) is 5.43 Å². The molecule has 1 aliphatic rings. The summed E-state index contributed by atoms with van der Waals surface area (Å²) in [6.07, 6.45) is 0. The highest BCUT2D eigenvalue weighted by molar-refractivity contribution is 6.42. The molecule has 4 nitrogen and oxygen atoms in total. The van der Waals surface area contributed by atoms with E-state index in [4.69, 9.17) is 27.6 Å². The zero-order valence-corrected chi connectivity index (χ0v) is 16.7. The number of rotatable bonds is 2. The van der Waals surface area contributed by atoms with Gasteiger partial charge in [-0.2, -0.15) is 0 Å². The van der Waals surface area contributed by atoms with Crippen molar-refractivity contribution in [3.8, 4) is 0 Å². The Morgan fingerprint density at radius 3 is 2.37 bits per heavy atom. The molecule has 1 atom stereocenters. The molecule has 148 valence electrons. The number of fused-ring (bicyclic) bond motifs is 2. The van der Waals surface area contributed by atoms with Gasteiger partial charge in [0.25, 0.3) is 5.91 Å². The third kappa shape index (κ3) is 2.82. The summed E-state index contributed by atoms with van der Waals surface area (Å²) < 4.78 is 19.4. The highest BCUT2D eigenvalue weighted by Gasteiger charge is 2.43. The summed E-state index contributed by atoms with van der Waals surface area (Å²) in [5.74, 6) is -0.969. The van der Waals surface area contributed by atoms with E-state index in [0.29, 0.717) is 32.3 Å². The second kappa shape index (κ2) is 6.97. The van der Waals surface area contributed by atoms with Crippen LogP contribution in [0, 0.1) is 5.82 Å². The lowest BCUT2D eigenvalue weighted by Crippen LogP contribution is -2.29. The fraction of sp³-hybridized carbons (Fsp3) is 0.0435. The van der Waals surface area contributed by atoms with Crippen LogP contribution in [0.4, 0.5) is 10.1 Å². The van der Waals surface area contributed by atoms with Crippen LogP contribution in [0.15, 0.2) is 75.9 Å². The Hall–Kier alpha value is -3.15. The molecule has 0 bridgehead atoms. The van der Waals surface area contributed by atoms with Crippen molar-refractivity contribution in [2.45, 2.75) is 6.04 Å². The van der Waals surface area contributed by atoms with E-state index in [9.17, 15) is 14.0 Å². The molecule has 4 aromatic rings. The smallest absolute Gasteiger partial charge is 0.295 e. The molecule has 0 N–H and O–H groups in total. The molecule has 1 aromatic heterocycles. The number of nitrogens with zero attached hydrogens (tertiary/aromatic N) is 1. The van der Waals surface area contributed by atoms with Crippen LogP contribution in [0.25, 0.3) is 11.0 Å². The standard InChI is InChI=1S/C23H12Cl2FNO3/c24-16-10-5-12(11-17(16)25)20-19-21(28)15-3-1-2-4-18(15)30-22(19)23(29)27(20)14-8-6-13(26)7-9-14/h1-11,20H.